The molecule has 0 atom stereocenters. The summed E-state index contributed by atoms with van der Waals surface area (Å²) in [5.41, 5.74) is 1.34. The van der Waals surface area contributed by atoms with Gasteiger partial charge in [-0.05, 0) is 42.0 Å². The first-order chi connectivity index (χ1) is 10.9. The largest absolute Gasteiger partial charge is 0.345 e. The maximum Gasteiger partial charge on any atom is 0.253 e. The van der Waals surface area contributed by atoms with Crippen molar-refractivity contribution in [2.45, 2.75) is 6.42 Å². The van der Waals surface area contributed by atoms with Crippen LogP contribution >= 0.6 is 11.6 Å². The van der Waals surface area contributed by atoms with Gasteiger partial charge in [0.2, 0.25) is 5.91 Å². The summed E-state index contributed by atoms with van der Waals surface area (Å²) in [7, 11) is 3.33. The standard InChI is InChI=1S/C17H16ClFN2O2/c1-21(2)17(23)11-4-7-14(8-5-11)20-16(22)9-12-3-6-13(18)10-15(12)19/h3-8,10H,9H2,1-2H3,(H,20,22). The second-order valence-corrected chi connectivity index (χ2v) is 5.67. The zero-order valence-electron chi connectivity index (χ0n) is 12.8. The SMILES string of the molecule is CN(C)C(=O)c1ccc(NC(=O)Cc2ccc(Cl)cc2F)cc1. The van der Waals surface area contributed by atoms with Crippen molar-refractivity contribution in [1.82, 2.24) is 4.90 Å². The van der Waals surface area contributed by atoms with Crippen molar-refractivity contribution in [3.05, 3.63) is 64.4 Å². The van der Waals surface area contributed by atoms with Gasteiger partial charge in [-0.1, -0.05) is 17.7 Å². The van der Waals surface area contributed by atoms with Gasteiger partial charge in [0.15, 0.2) is 0 Å². The van der Waals surface area contributed by atoms with Crippen molar-refractivity contribution in [3.8, 4) is 0 Å². The van der Waals surface area contributed by atoms with Gasteiger partial charge in [-0.3, -0.25) is 9.59 Å². The van der Waals surface area contributed by atoms with Gasteiger partial charge in [-0.15, -0.1) is 0 Å². The van der Waals surface area contributed by atoms with Gasteiger partial charge in [0, 0.05) is 30.4 Å². The number of nitrogens with zero attached hydrogens (tertiary/aromatic N) is 1. The van der Waals surface area contributed by atoms with E-state index in [1.807, 2.05) is 0 Å². The van der Waals surface area contributed by atoms with E-state index in [2.05, 4.69) is 5.32 Å². The topological polar surface area (TPSA) is 49.4 Å². The third kappa shape index (κ3) is 4.53. The van der Waals surface area contributed by atoms with Crippen LogP contribution in [0.25, 0.3) is 0 Å². The highest BCUT2D eigenvalue weighted by molar-refractivity contribution is 6.30. The molecule has 0 aliphatic heterocycles. The van der Waals surface area contributed by atoms with Gasteiger partial charge in [0.05, 0.1) is 6.42 Å². The predicted molar refractivity (Wildman–Crippen MR) is 88.2 cm³/mol. The second-order valence-electron chi connectivity index (χ2n) is 5.24. The molecule has 2 rings (SSSR count). The number of carbonyl (C=O) groups excluding carboxylic acids is 2. The summed E-state index contributed by atoms with van der Waals surface area (Å²) in [6, 6.07) is 10.7. The third-order valence-corrected chi connectivity index (χ3v) is 3.42. The summed E-state index contributed by atoms with van der Waals surface area (Å²) in [4.78, 5) is 25.2. The zero-order valence-corrected chi connectivity index (χ0v) is 13.5. The van der Waals surface area contributed by atoms with Crippen molar-refractivity contribution >= 4 is 29.1 Å². The van der Waals surface area contributed by atoms with Gasteiger partial charge in [0.25, 0.3) is 5.91 Å². The molecule has 0 aliphatic carbocycles. The first-order valence-electron chi connectivity index (χ1n) is 6.92. The third-order valence-electron chi connectivity index (χ3n) is 3.19. The van der Waals surface area contributed by atoms with Crippen LogP contribution in [0.3, 0.4) is 0 Å². The summed E-state index contributed by atoms with van der Waals surface area (Å²) >= 11 is 5.67. The Labute approximate surface area is 138 Å². The van der Waals surface area contributed by atoms with Crippen molar-refractivity contribution < 1.29 is 14.0 Å². The lowest BCUT2D eigenvalue weighted by Gasteiger charge is -2.11. The molecule has 0 bridgehead atoms. The number of halogens is 2. The molecular weight excluding hydrogens is 319 g/mol. The molecule has 2 aromatic rings. The Morgan fingerprint density at radius 1 is 1.13 bits per heavy atom. The maximum absolute atomic E-state index is 13.7. The molecule has 23 heavy (non-hydrogen) atoms. The Morgan fingerprint density at radius 2 is 1.78 bits per heavy atom. The van der Waals surface area contributed by atoms with Gasteiger partial charge < -0.3 is 10.2 Å². The minimum atomic E-state index is -0.514. The maximum atomic E-state index is 13.7. The van der Waals surface area contributed by atoms with E-state index in [0.29, 0.717) is 11.3 Å². The van der Waals surface area contributed by atoms with Crippen LogP contribution in [0, 0.1) is 5.82 Å². The van der Waals surface area contributed by atoms with Crippen molar-refractivity contribution in [1.29, 1.82) is 0 Å². The summed E-state index contributed by atoms with van der Waals surface area (Å²) in [6.07, 6.45) is -0.0959. The predicted octanol–water partition coefficient (Wildman–Crippen LogP) is 3.36. The Hall–Kier alpha value is -2.40. The van der Waals surface area contributed by atoms with E-state index >= 15 is 0 Å². The number of nitrogens with one attached hydrogen (secondary N) is 1. The monoisotopic (exact) mass is 334 g/mol. The van der Waals surface area contributed by atoms with Gasteiger partial charge in [-0.25, -0.2) is 4.39 Å². The molecule has 0 fully saturated rings. The van der Waals surface area contributed by atoms with Gasteiger partial charge >= 0.3 is 0 Å². The molecule has 0 spiro atoms. The summed E-state index contributed by atoms with van der Waals surface area (Å²) < 4.78 is 13.7. The Balaban J connectivity index is 2.01. The van der Waals surface area contributed by atoms with E-state index in [-0.39, 0.29) is 28.8 Å². The quantitative estimate of drug-likeness (QED) is 0.932. The second kappa shape index (κ2) is 7.24. The van der Waals surface area contributed by atoms with E-state index < -0.39 is 5.82 Å². The molecular formula is C17H16ClFN2O2. The molecule has 0 heterocycles. The number of anilines is 1. The van der Waals surface area contributed by atoms with E-state index in [9.17, 15) is 14.0 Å². The molecule has 120 valence electrons. The molecule has 2 amide bonds. The van der Waals surface area contributed by atoms with Crippen molar-refractivity contribution in [3.63, 3.8) is 0 Å². The normalized spacial score (nSPS) is 10.3. The lowest BCUT2D eigenvalue weighted by atomic mass is 10.1. The number of amides is 2. The molecule has 0 aliphatic rings. The zero-order chi connectivity index (χ0) is 17.0. The van der Waals surface area contributed by atoms with Crippen LogP contribution in [0.15, 0.2) is 42.5 Å². The van der Waals surface area contributed by atoms with Crippen LogP contribution in [0.4, 0.5) is 10.1 Å². The minimum Gasteiger partial charge on any atom is -0.345 e. The highest BCUT2D eigenvalue weighted by atomic mass is 35.5. The number of hydrogen-bond acceptors (Lipinski definition) is 2. The molecule has 0 saturated heterocycles. The molecule has 0 aromatic heterocycles. The summed E-state index contributed by atoms with van der Waals surface area (Å²) in [5, 5.41) is 2.95. The Morgan fingerprint density at radius 3 is 2.35 bits per heavy atom. The number of hydrogen-bond donors (Lipinski definition) is 1. The Bertz CT molecular complexity index is 730. The summed E-state index contributed by atoms with van der Waals surface area (Å²) in [5.74, 6) is -0.983. The molecule has 0 unspecified atom stereocenters. The van der Waals surface area contributed by atoms with Gasteiger partial charge in [-0.2, -0.15) is 0 Å². The lowest BCUT2D eigenvalue weighted by Crippen LogP contribution is -2.21. The van der Waals surface area contributed by atoms with E-state index in [4.69, 9.17) is 11.6 Å². The van der Waals surface area contributed by atoms with Crippen molar-refractivity contribution in [2.24, 2.45) is 0 Å². The van der Waals surface area contributed by atoms with Crippen LogP contribution in [-0.2, 0) is 11.2 Å². The lowest BCUT2D eigenvalue weighted by molar-refractivity contribution is -0.115. The average Bonchev–Trinajstić information content (AvgIpc) is 2.50. The Kier molecular flexibility index (Phi) is 5.34. The fraction of sp³-hybridized carbons (Fsp3) is 0.176. The highest BCUT2D eigenvalue weighted by Crippen LogP contribution is 2.16. The fourth-order valence-corrected chi connectivity index (χ4v) is 2.16. The van der Waals surface area contributed by atoms with E-state index in [1.54, 1.807) is 38.4 Å². The van der Waals surface area contributed by atoms with Crippen LogP contribution in [-0.4, -0.2) is 30.8 Å². The minimum absolute atomic E-state index is 0.0959. The first-order valence-corrected chi connectivity index (χ1v) is 7.30. The number of benzene rings is 2. The molecule has 0 radical (unpaired) electrons. The molecule has 0 saturated carbocycles. The van der Waals surface area contributed by atoms with E-state index in [0.717, 1.165) is 0 Å². The smallest absolute Gasteiger partial charge is 0.253 e. The van der Waals surface area contributed by atoms with Crippen LogP contribution in [0.5, 0.6) is 0 Å². The van der Waals surface area contributed by atoms with Crippen LogP contribution in [0.1, 0.15) is 15.9 Å². The van der Waals surface area contributed by atoms with Crippen molar-refractivity contribution in [2.75, 3.05) is 19.4 Å². The van der Waals surface area contributed by atoms with Gasteiger partial charge in [0.1, 0.15) is 5.82 Å². The van der Waals surface area contributed by atoms with Crippen LogP contribution < -0.4 is 5.32 Å². The molecule has 2 aromatic carbocycles. The molecule has 1 N–H and O–H groups in total. The highest BCUT2D eigenvalue weighted by Gasteiger charge is 2.10. The number of carbonyl (C=O) groups is 2. The fourth-order valence-electron chi connectivity index (χ4n) is 2.00. The average molecular weight is 335 g/mol. The van der Waals surface area contributed by atoms with Crippen LogP contribution in [0.2, 0.25) is 5.02 Å². The molecule has 4 nitrogen and oxygen atoms in total. The van der Waals surface area contributed by atoms with E-state index in [1.165, 1.54) is 23.1 Å². The number of rotatable bonds is 4. The molecule has 6 heteroatoms. The first kappa shape index (κ1) is 17.0. The summed E-state index contributed by atoms with van der Waals surface area (Å²) in [6.45, 7) is 0.